The van der Waals surface area contributed by atoms with Crippen LogP contribution in [0.1, 0.15) is 31.1 Å². The van der Waals surface area contributed by atoms with Crippen LogP contribution >= 0.6 is 11.6 Å². The standard InChI is InChI=1S/C29H26ClFN6O3/c1-5-22(39)34-11-12-35(16(3)14-34)27-18-13-19(30)26(23-20(31)7-6-8-21(23)38)36-17(4)24-25(15(2)9-10-32-24)37(28(18)36)29(40)33-27/h5-10,13,16-17H,1,11-12,14H2,2-4H3/p+1/t16-,17?/m0/s1. The predicted octanol–water partition coefficient (Wildman–Crippen LogP) is 3.69. The third kappa shape index (κ3) is 3.70. The minimum absolute atomic E-state index is 0.0698. The molecule has 0 aliphatic carbocycles. The topological polar surface area (TPSA) is 95.4 Å². The molecule has 6 rings (SSSR count). The lowest BCUT2D eigenvalue weighted by molar-refractivity contribution is -0.679. The Morgan fingerprint density at radius 1 is 1.27 bits per heavy atom. The van der Waals surface area contributed by atoms with E-state index in [1.807, 2.05) is 31.7 Å². The summed E-state index contributed by atoms with van der Waals surface area (Å²) in [5.74, 6) is -0.663. The first kappa shape index (κ1) is 25.9. The van der Waals surface area contributed by atoms with Crippen molar-refractivity contribution in [3.63, 3.8) is 0 Å². The van der Waals surface area contributed by atoms with E-state index in [0.29, 0.717) is 47.9 Å². The van der Waals surface area contributed by atoms with Crippen molar-refractivity contribution >= 4 is 34.4 Å². The second-order valence-electron chi connectivity index (χ2n) is 10.2. The highest BCUT2D eigenvalue weighted by atomic mass is 35.5. The van der Waals surface area contributed by atoms with Gasteiger partial charge < -0.3 is 14.9 Å². The zero-order chi connectivity index (χ0) is 28.5. The van der Waals surface area contributed by atoms with E-state index in [9.17, 15) is 14.7 Å². The first-order valence-electron chi connectivity index (χ1n) is 13.0. The van der Waals surface area contributed by atoms with Gasteiger partial charge in [-0.15, -0.1) is 4.57 Å². The molecular weight excluding hydrogens is 535 g/mol. The molecule has 2 aliphatic heterocycles. The molecule has 1 unspecified atom stereocenters. The number of aromatic nitrogens is 4. The van der Waals surface area contributed by atoms with Crippen LogP contribution in [0.2, 0.25) is 5.02 Å². The Morgan fingerprint density at radius 3 is 2.75 bits per heavy atom. The summed E-state index contributed by atoms with van der Waals surface area (Å²) < 4.78 is 18.6. The number of hydrogen-bond donors (Lipinski definition) is 1. The van der Waals surface area contributed by atoms with E-state index in [2.05, 4.69) is 16.5 Å². The van der Waals surface area contributed by atoms with Crippen LogP contribution in [-0.4, -0.2) is 56.1 Å². The number of amides is 1. The zero-order valence-corrected chi connectivity index (χ0v) is 23.0. The van der Waals surface area contributed by atoms with E-state index in [-0.39, 0.29) is 34.0 Å². The summed E-state index contributed by atoms with van der Waals surface area (Å²) in [6.07, 6.45) is 2.96. The van der Waals surface area contributed by atoms with Gasteiger partial charge in [-0.05, 0) is 51.1 Å². The molecule has 0 radical (unpaired) electrons. The van der Waals surface area contributed by atoms with Crippen molar-refractivity contribution in [2.75, 3.05) is 24.5 Å². The zero-order valence-electron chi connectivity index (χ0n) is 22.2. The number of fused-ring (bicyclic) bond motifs is 2. The van der Waals surface area contributed by atoms with Gasteiger partial charge in [-0.25, -0.2) is 13.8 Å². The molecule has 0 bridgehead atoms. The number of aryl methyl sites for hydroxylation is 1. The van der Waals surface area contributed by atoms with Crippen LogP contribution in [0.4, 0.5) is 10.2 Å². The van der Waals surface area contributed by atoms with Crippen LogP contribution in [0, 0.1) is 12.7 Å². The SMILES string of the molecule is C=CC(=O)N1CCN(c2nc(=O)n3c4c2cc(Cl)c(-c2c(O)cccc2F)[n+]4C(C)c2nccc(C)c2-3)[C@@H](C)C1. The summed E-state index contributed by atoms with van der Waals surface area (Å²) >= 11 is 6.92. The number of carbonyl (C=O) groups excluding carboxylic acids is 1. The van der Waals surface area contributed by atoms with Crippen LogP contribution < -0.4 is 15.2 Å². The number of benzene rings is 1. The van der Waals surface area contributed by atoms with E-state index in [1.165, 1.54) is 28.8 Å². The Kier molecular flexibility index (Phi) is 6.10. The molecule has 1 N–H and O–H groups in total. The lowest BCUT2D eigenvalue weighted by atomic mass is 10.0. The molecule has 2 atom stereocenters. The fourth-order valence-corrected chi connectivity index (χ4v) is 6.27. The Bertz CT molecular complexity index is 1790. The van der Waals surface area contributed by atoms with Gasteiger partial charge in [0, 0.05) is 37.4 Å². The quantitative estimate of drug-likeness (QED) is 0.303. The van der Waals surface area contributed by atoms with E-state index >= 15 is 4.39 Å². The van der Waals surface area contributed by atoms with Crippen molar-refractivity contribution in [1.29, 1.82) is 0 Å². The van der Waals surface area contributed by atoms with E-state index in [1.54, 1.807) is 21.7 Å². The average Bonchev–Trinajstić information content (AvgIpc) is 2.92. The Balaban J connectivity index is 1.70. The molecule has 1 fully saturated rings. The number of aromatic hydroxyl groups is 1. The van der Waals surface area contributed by atoms with Gasteiger partial charge in [0.25, 0.3) is 0 Å². The number of phenolic OH excluding ortho intramolecular Hbond substituents is 1. The molecule has 5 heterocycles. The predicted molar refractivity (Wildman–Crippen MR) is 150 cm³/mol. The average molecular weight is 562 g/mol. The van der Waals surface area contributed by atoms with Gasteiger partial charge in [0.05, 0.1) is 5.02 Å². The summed E-state index contributed by atoms with van der Waals surface area (Å²) in [6.45, 7) is 10.6. The molecule has 2 aliphatic rings. The molecule has 3 aromatic heterocycles. The van der Waals surface area contributed by atoms with E-state index in [4.69, 9.17) is 11.6 Å². The third-order valence-corrected chi connectivity index (χ3v) is 8.12. The van der Waals surface area contributed by atoms with Crippen LogP contribution in [0.25, 0.3) is 28.0 Å². The van der Waals surface area contributed by atoms with E-state index < -0.39 is 17.5 Å². The molecule has 4 aromatic rings. The fraction of sp³-hybridized carbons (Fsp3) is 0.276. The minimum atomic E-state index is -0.653. The number of anilines is 1. The molecule has 1 amide bonds. The van der Waals surface area contributed by atoms with Gasteiger partial charge in [0.1, 0.15) is 34.3 Å². The largest absolute Gasteiger partial charge is 0.507 e. The van der Waals surface area contributed by atoms with Gasteiger partial charge in [0.2, 0.25) is 5.91 Å². The number of halogens is 2. The maximum atomic E-state index is 15.3. The maximum absolute atomic E-state index is 15.3. The smallest absolute Gasteiger partial charge is 0.442 e. The lowest BCUT2D eigenvalue weighted by Crippen LogP contribution is -2.55. The molecular formula is C29H27ClFN6O3+. The molecule has 0 spiro atoms. The lowest BCUT2D eigenvalue weighted by Gasteiger charge is -2.40. The maximum Gasteiger partial charge on any atom is 0.442 e. The van der Waals surface area contributed by atoms with Crippen molar-refractivity contribution < 1.29 is 18.9 Å². The van der Waals surface area contributed by atoms with Crippen LogP contribution in [-0.2, 0) is 4.79 Å². The minimum Gasteiger partial charge on any atom is -0.507 e. The van der Waals surface area contributed by atoms with Gasteiger partial charge in [0.15, 0.2) is 17.2 Å². The van der Waals surface area contributed by atoms with Crippen molar-refractivity contribution in [2.45, 2.75) is 32.9 Å². The molecule has 0 saturated carbocycles. The molecule has 1 aromatic carbocycles. The number of hydrogen-bond acceptors (Lipinski definition) is 6. The number of phenols is 1. The van der Waals surface area contributed by atoms with Crippen LogP contribution in [0.5, 0.6) is 5.75 Å². The molecule has 9 nitrogen and oxygen atoms in total. The Hall–Kier alpha value is -4.31. The van der Waals surface area contributed by atoms with Gasteiger partial charge in [-0.3, -0.25) is 9.78 Å². The second-order valence-corrected chi connectivity index (χ2v) is 10.6. The first-order chi connectivity index (χ1) is 19.1. The first-order valence-corrected chi connectivity index (χ1v) is 13.3. The summed E-state index contributed by atoms with van der Waals surface area (Å²) in [7, 11) is 0. The second kappa shape index (κ2) is 9.41. The van der Waals surface area contributed by atoms with Gasteiger partial charge >= 0.3 is 11.3 Å². The summed E-state index contributed by atoms with van der Waals surface area (Å²) in [4.78, 5) is 39.0. The van der Waals surface area contributed by atoms with Crippen molar-refractivity contribution in [2.24, 2.45) is 0 Å². The van der Waals surface area contributed by atoms with Crippen LogP contribution in [0.15, 0.2) is 54.0 Å². The van der Waals surface area contributed by atoms with Crippen molar-refractivity contribution in [3.05, 3.63) is 81.8 Å². The summed E-state index contributed by atoms with van der Waals surface area (Å²) in [5, 5.41) is 11.5. The van der Waals surface area contributed by atoms with Gasteiger partial charge in [-0.2, -0.15) is 4.98 Å². The highest BCUT2D eigenvalue weighted by molar-refractivity contribution is 6.33. The monoisotopic (exact) mass is 561 g/mol. The highest BCUT2D eigenvalue weighted by Gasteiger charge is 2.41. The number of rotatable bonds is 3. The Morgan fingerprint density at radius 2 is 2.05 bits per heavy atom. The summed E-state index contributed by atoms with van der Waals surface area (Å²) in [5.41, 5.74) is 2.14. The van der Waals surface area contributed by atoms with E-state index in [0.717, 1.165) is 5.56 Å². The molecule has 40 heavy (non-hydrogen) atoms. The van der Waals surface area contributed by atoms with Crippen molar-refractivity contribution in [1.82, 2.24) is 19.4 Å². The number of carbonyl (C=O) groups is 1. The number of pyridine rings is 2. The molecule has 11 heteroatoms. The number of nitrogens with zero attached hydrogens (tertiary/aromatic N) is 6. The van der Waals surface area contributed by atoms with Crippen molar-refractivity contribution in [3.8, 4) is 22.7 Å². The summed E-state index contributed by atoms with van der Waals surface area (Å²) in [6, 6.07) is 6.92. The molecule has 1 saturated heterocycles. The van der Waals surface area contributed by atoms with Crippen LogP contribution in [0.3, 0.4) is 0 Å². The Labute approximate surface area is 234 Å². The van der Waals surface area contributed by atoms with Gasteiger partial charge in [-0.1, -0.05) is 24.2 Å². The normalized spacial score (nSPS) is 18.1. The number of piperazine rings is 1. The third-order valence-electron chi connectivity index (χ3n) is 7.83. The fourth-order valence-electron chi connectivity index (χ4n) is 5.97. The highest BCUT2D eigenvalue weighted by Crippen LogP contribution is 2.41. The molecule has 204 valence electrons.